The number of hydrogen-bond donors (Lipinski definition) is 1. The van der Waals surface area contributed by atoms with E-state index in [4.69, 9.17) is 0 Å². The quantitative estimate of drug-likeness (QED) is 0.646. The zero-order valence-electron chi connectivity index (χ0n) is 11.2. The third-order valence-corrected chi connectivity index (χ3v) is 3.31. The van der Waals surface area contributed by atoms with Gasteiger partial charge in [-0.15, -0.1) is 0 Å². The van der Waals surface area contributed by atoms with E-state index in [1.54, 1.807) is 0 Å². The highest BCUT2D eigenvalue weighted by Gasteiger charge is 2.23. The van der Waals surface area contributed by atoms with Crippen LogP contribution in [0.5, 0.6) is 0 Å². The fraction of sp³-hybridized carbons (Fsp3) is 0.500. The summed E-state index contributed by atoms with van der Waals surface area (Å²) in [4.78, 5) is 29.4. The molecule has 1 aromatic rings. The van der Waals surface area contributed by atoms with Crippen molar-refractivity contribution < 1.29 is 14.8 Å². The fourth-order valence-electron chi connectivity index (χ4n) is 2.21. The maximum atomic E-state index is 11.3. The Morgan fingerprint density at radius 2 is 2.15 bits per heavy atom. The number of likely N-dealkylation sites (N-methyl/N-ethyl adjacent to an activating group) is 1. The zero-order chi connectivity index (χ0) is 14.7. The summed E-state index contributed by atoms with van der Waals surface area (Å²) in [6, 6.07) is 1.07. The lowest BCUT2D eigenvalue weighted by Crippen LogP contribution is -2.30. The Balaban J connectivity index is 2.35. The van der Waals surface area contributed by atoms with E-state index in [-0.39, 0.29) is 11.3 Å². The lowest BCUT2D eigenvalue weighted by molar-refractivity contribution is -0.385. The molecule has 1 aromatic heterocycles. The van der Waals surface area contributed by atoms with Crippen molar-refractivity contribution >= 4 is 17.5 Å². The number of nitrogens with zero attached hydrogens (tertiary/aromatic N) is 4. The summed E-state index contributed by atoms with van der Waals surface area (Å²) in [5.74, 6) is -0.896. The lowest BCUT2D eigenvalue weighted by Gasteiger charge is -2.22. The molecule has 1 fully saturated rings. The third-order valence-electron chi connectivity index (χ3n) is 3.31. The van der Waals surface area contributed by atoms with E-state index in [2.05, 4.69) is 9.88 Å². The summed E-state index contributed by atoms with van der Waals surface area (Å²) in [6.45, 7) is 3.08. The number of nitro groups is 1. The van der Waals surface area contributed by atoms with E-state index < -0.39 is 10.9 Å². The molecule has 0 radical (unpaired) electrons. The van der Waals surface area contributed by atoms with Crippen molar-refractivity contribution in [1.29, 1.82) is 0 Å². The van der Waals surface area contributed by atoms with Crippen molar-refractivity contribution in [1.82, 2.24) is 9.88 Å². The van der Waals surface area contributed by atoms with Crippen LogP contribution in [-0.4, -0.2) is 59.1 Å². The minimum Gasteiger partial charge on any atom is -0.478 e. The topological polar surface area (TPSA) is 99.8 Å². The van der Waals surface area contributed by atoms with Gasteiger partial charge in [0.15, 0.2) is 0 Å². The van der Waals surface area contributed by atoms with Gasteiger partial charge in [0.1, 0.15) is 17.6 Å². The molecule has 20 heavy (non-hydrogen) atoms. The highest BCUT2D eigenvalue weighted by atomic mass is 16.6. The second-order valence-electron chi connectivity index (χ2n) is 4.77. The normalized spacial score (nSPS) is 16.8. The Morgan fingerprint density at radius 3 is 2.80 bits per heavy atom. The Kier molecular flexibility index (Phi) is 4.14. The van der Waals surface area contributed by atoms with Crippen LogP contribution >= 0.6 is 0 Å². The Bertz CT molecular complexity index is 534. The Hall–Kier alpha value is -2.22. The first-order valence-electron chi connectivity index (χ1n) is 6.30. The monoisotopic (exact) mass is 280 g/mol. The second kappa shape index (κ2) is 5.83. The van der Waals surface area contributed by atoms with E-state index in [9.17, 15) is 20.0 Å². The maximum absolute atomic E-state index is 11.3. The van der Waals surface area contributed by atoms with E-state index >= 15 is 0 Å². The minimum atomic E-state index is -1.20. The zero-order valence-corrected chi connectivity index (χ0v) is 11.2. The number of carboxylic acid groups (broad SMARTS) is 1. The molecule has 1 aliphatic rings. The number of anilines is 1. The summed E-state index contributed by atoms with van der Waals surface area (Å²) >= 11 is 0. The fourth-order valence-corrected chi connectivity index (χ4v) is 2.21. The van der Waals surface area contributed by atoms with E-state index in [1.165, 1.54) is 0 Å². The SMILES string of the molecule is CN1CCCN(c2ncc([N+](=O)[O-])cc2C(=O)O)CC1. The van der Waals surface area contributed by atoms with Crippen LogP contribution in [0, 0.1) is 10.1 Å². The average Bonchev–Trinajstić information content (AvgIpc) is 2.62. The van der Waals surface area contributed by atoms with Crippen molar-refractivity contribution in [2.75, 3.05) is 38.1 Å². The van der Waals surface area contributed by atoms with Gasteiger partial charge in [0.2, 0.25) is 0 Å². The number of aromatic nitrogens is 1. The molecule has 1 N–H and O–H groups in total. The smallest absolute Gasteiger partial charge is 0.339 e. The van der Waals surface area contributed by atoms with E-state index in [0.29, 0.717) is 18.9 Å². The summed E-state index contributed by atoms with van der Waals surface area (Å²) < 4.78 is 0. The minimum absolute atomic E-state index is 0.122. The first-order valence-corrected chi connectivity index (χ1v) is 6.30. The molecule has 0 spiro atoms. The molecule has 0 saturated carbocycles. The van der Waals surface area contributed by atoms with Gasteiger partial charge >= 0.3 is 5.97 Å². The standard InChI is InChI=1S/C12H16N4O4/c1-14-3-2-4-15(6-5-14)11-10(12(17)18)7-9(8-13-11)16(19)20/h7-8H,2-6H2,1H3,(H,17,18). The molecule has 2 rings (SSSR count). The number of carboxylic acids is 1. The van der Waals surface area contributed by atoms with Gasteiger partial charge in [0.25, 0.3) is 5.69 Å². The summed E-state index contributed by atoms with van der Waals surface area (Å²) in [7, 11) is 2.00. The van der Waals surface area contributed by atoms with Gasteiger partial charge in [-0.2, -0.15) is 0 Å². The third kappa shape index (κ3) is 3.02. The lowest BCUT2D eigenvalue weighted by atomic mass is 10.2. The van der Waals surface area contributed by atoms with Crippen molar-refractivity contribution in [2.45, 2.75) is 6.42 Å². The number of rotatable bonds is 3. The van der Waals surface area contributed by atoms with Crippen LogP contribution in [0.25, 0.3) is 0 Å². The van der Waals surface area contributed by atoms with Crippen molar-refractivity contribution in [2.24, 2.45) is 0 Å². The Labute approximate surface area is 115 Å². The van der Waals surface area contributed by atoms with Crippen LogP contribution in [0.4, 0.5) is 11.5 Å². The summed E-state index contributed by atoms with van der Waals surface area (Å²) in [5, 5.41) is 19.9. The molecular weight excluding hydrogens is 264 g/mol. The van der Waals surface area contributed by atoms with Crippen LogP contribution in [-0.2, 0) is 0 Å². The maximum Gasteiger partial charge on any atom is 0.339 e. The first-order chi connectivity index (χ1) is 9.49. The predicted octanol–water partition coefficient (Wildman–Crippen LogP) is 0.830. The molecule has 0 bridgehead atoms. The van der Waals surface area contributed by atoms with Crippen LogP contribution in [0.3, 0.4) is 0 Å². The molecule has 2 heterocycles. The molecule has 0 unspecified atom stereocenters. The molecule has 1 aliphatic heterocycles. The molecule has 108 valence electrons. The van der Waals surface area contributed by atoms with Gasteiger partial charge < -0.3 is 14.9 Å². The van der Waals surface area contributed by atoms with E-state index in [1.807, 2.05) is 11.9 Å². The van der Waals surface area contributed by atoms with Crippen LogP contribution in [0.1, 0.15) is 16.8 Å². The predicted molar refractivity (Wildman–Crippen MR) is 72.2 cm³/mol. The van der Waals surface area contributed by atoms with Crippen molar-refractivity contribution in [3.8, 4) is 0 Å². The van der Waals surface area contributed by atoms with Gasteiger partial charge in [0, 0.05) is 25.7 Å². The van der Waals surface area contributed by atoms with Crippen LogP contribution in [0.15, 0.2) is 12.3 Å². The van der Waals surface area contributed by atoms with Gasteiger partial charge in [-0.25, -0.2) is 9.78 Å². The highest BCUT2D eigenvalue weighted by molar-refractivity contribution is 5.94. The number of carbonyl (C=O) groups is 1. The van der Waals surface area contributed by atoms with Gasteiger partial charge in [-0.05, 0) is 20.0 Å². The highest BCUT2D eigenvalue weighted by Crippen LogP contribution is 2.23. The second-order valence-corrected chi connectivity index (χ2v) is 4.77. The number of aromatic carboxylic acids is 1. The summed E-state index contributed by atoms with van der Waals surface area (Å²) in [6.07, 6.45) is 2.00. The molecule has 0 aromatic carbocycles. The van der Waals surface area contributed by atoms with Crippen LogP contribution in [0.2, 0.25) is 0 Å². The Morgan fingerprint density at radius 1 is 1.40 bits per heavy atom. The average molecular weight is 280 g/mol. The first kappa shape index (κ1) is 14.2. The molecule has 0 aliphatic carbocycles. The van der Waals surface area contributed by atoms with Crippen molar-refractivity contribution in [3.05, 3.63) is 27.9 Å². The number of hydrogen-bond acceptors (Lipinski definition) is 6. The van der Waals surface area contributed by atoms with Gasteiger partial charge in [-0.1, -0.05) is 0 Å². The number of pyridine rings is 1. The molecular formula is C12H16N4O4. The van der Waals surface area contributed by atoms with E-state index in [0.717, 1.165) is 31.8 Å². The molecule has 8 heteroatoms. The van der Waals surface area contributed by atoms with Crippen LogP contribution < -0.4 is 4.90 Å². The molecule has 0 amide bonds. The largest absolute Gasteiger partial charge is 0.478 e. The molecule has 0 atom stereocenters. The van der Waals surface area contributed by atoms with Crippen molar-refractivity contribution in [3.63, 3.8) is 0 Å². The van der Waals surface area contributed by atoms with Gasteiger partial charge in [-0.3, -0.25) is 10.1 Å². The summed E-state index contributed by atoms with van der Waals surface area (Å²) in [5.41, 5.74) is -0.429. The molecule has 1 saturated heterocycles. The molecule has 8 nitrogen and oxygen atoms in total. The van der Waals surface area contributed by atoms with Gasteiger partial charge in [0.05, 0.1) is 4.92 Å².